The molecule has 0 fully saturated rings. The molecule has 2 rings (SSSR count). The van der Waals surface area contributed by atoms with Gasteiger partial charge in [0.1, 0.15) is 0 Å². The van der Waals surface area contributed by atoms with Gasteiger partial charge in [0.05, 0.1) is 0 Å². The van der Waals surface area contributed by atoms with Gasteiger partial charge < -0.3 is 9.84 Å². The maximum absolute atomic E-state index is 11.1. The zero-order valence-electron chi connectivity index (χ0n) is 10.2. The molecule has 0 atom stereocenters. The standard InChI is InChI=1S/C13H15N3O2/c1-14-11(17)8-5-9-12-15-13(16-18-12)10-6-3-2-4-7-10/h2-4,6-7H,5,8-9H2,1H3,(H,14,17). The summed E-state index contributed by atoms with van der Waals surface area (Å²) in [5, 5.41) is 6.49. The van der Waals surface area contributed by atoms with E-state index in [0.29, 0.717) is 31.0 Å². The molecule has 0 spiro atoms. The van der Waals surface area contributed by atoms with Gasteiger partial charge in [-0.15, -0.1) is 0 Å². The Kier molecular flexibility index (Phi) is 4.06. The summed E-state index contributed by atoms with van der Waals surface area (Å²) in [5.41, 5.74) is 0.929. The van der Waals surface area contributed by atoms with Crippen molar-refractivity contribution in [1.82, 2.24) is 15.5 Å². The number of nitrogens with zero attached hydrogens (tertiary/aromatic N) is 2. The summed E-state index contributed by atoms with van der Waals surface area (Å²) in [6, 6.07) is 9.65. The molecule has 0 bridgehead atoms. The number of carbonyl (C=O) groups excluding carboxylic acids is 1. The van der Waals surface area contributed by atoms with Crippen molar-refractivity contribution in [2.75, 3.05) is 7.05 Å². The summed E-state index contributed by atoms with van der Waals surface area (Å²) in [4.78, 5) is 15.3. The van der Waals surface area contributed by atoms with E-state index in [4.69, 9.17) is 4.52 Å². The molecule has 1 amide bonds. The minimum atomic E-state index is 0.0257. The Bertz CT molecular complexity index is 508. The molecule has 1 heterocycles. The SMILES string of the molecule is CNC(=O)CCCc1nc(-c2ccccc2)no1. The largest absolute Gasteiger partial charge is 0.359 e. The molecule has 0 aliphatic carbocycles. The number of rotatable bonds is 5. The molecule has 1 N–H and O–H groups in total. The van der Waals surface area contributed by atoms with Gasteiger partial charge in [-0.05, 0) is 6.42 Å². The second-order valence-corrected chi connectivity index (χ2v) is 3.90. The van der Waals surface area contributed by atoms with E-state index in [2.05, 4.69) is 15.5 Å². The van der Waals surface area contributed by atoms with Crippen LogP contribution in [0.3, 0.4) is 0 Å². The molecule has 0 saturated carbocycles. The summed E-state index contributed by atoms with van der Waals surface area (Å²) in [6.45, 7) is 0. The van der Waals surface area contributed by atoms with Gasteiger partial charge in [0, 0.05) is 25.5 Å². The fourth-order valence-corrected chi connectivity index (χ4v) is 1.59. The topological polar surface area (TPSA) is 68.0 Å². The van der Waals surface area contributed by atoms with E-state index < -0.39 is 0 Å². The lowest BCUT2D eigenvalue weighted by atomic mass is 10.2. The van der Waals surface area contributed by atoms with Crippen molar-refractivity contribution >= 4 is 5.91 Å². The first kappa shape index (κ1) is 12.3. The normalized spacial score (nSPS) is 10.3. The van der Waals surface area contributed by atoms with Crippen molar-refractivity contribution in [1.29, 1.82) is 0 Å². The van der Waals surface area contributed by atoms with Crippen LogP contribution in [-0.2, 0) is 11.2 Å². The molecular formula is C13H15N3O2. The average Bonchev–Trinajstić information content (AvgIpc) is 2.88. The quantitative estimate of drug-likeness (QED) is 0.872. The first-order valence-corrected chi connectivity index (χ1v) is 5.88. The third-order valence-electron chi connectivity index (χ3n) is 2.57. The monoisotopic (exact) mass is 245 g/mol. The molecule has 2 aromatic rings. The third kappa shape index (κ3) is 3.16. The van der Waals surface area contributed by atoms with E-state index in [0.717, 1.165) is 5.56 Å². The second-order valence-electron chi connectivity index (χ2n) is 3.90. The third-order valence-corrected chi connectivity index (χ3v) is 2.57. The Balaban J connectivity index is 1.93. The van der Waals surface area contributed by atoms with Crippen molar-refractivity contribution in [3.63, 3.8) is 0 Å². The zero-order valence-corrected chi connectivity index (χ0v) is 10.2. The molecular weight excluding hydrogens is 230 g/mol. The van der Waals surface area contributed by atoms with Gasteiger partial charge in [0.25, 0.3) is 0 Å². The van der Waals surface area contributed by atoms with Crippen LogP contribution in [0.1, 0.15) is 18.7 Å². The van der Waals surface area contributed by atoms with Crippen LogP contribution in [0.4, 0.5) is 0 Å². The number of carbonyl (C=O) groups is 1. The summed E-state index contributed by atoms with van der Waals surface area (Å²) < 4.78 is 5.14. The van der Waals surface area contributed by atoms with Gasteiger partial charge in [-0.3, -0.25) is 4.79 Å². The first-order valence-electron chi connectivity index (χ1n) is 5.88. The Labute approximate surface area is 105 Å². The van der Waals surface area contributed by atoms with E-state index in [9.17, 15) is 4.79 Å². The fourth-order valence-electron chi connectivity index (χ4n) is 1.59. The van der Waals surface area contributed by atoms with Crippen LogP contribution in [-0.4, -0.2) is 23.1 Å². The summed E-state index contributed by atoms with van der Waals surface area (Å²) in [7, 11) is 1.63. The van der Waals surface area contributed by atoms with Gasteiger partial charge in [0.15, 0.2) is 0 Å². The lowest BCUT2D eigenvalue weighted by Gasteiger charge is -1.96. The van der Waals surface area contributed by atoms with Gasteiger partial charge in [0.2, 0.25) is 17.6 Å². The molecule has 0 radical (unpaired) electrons. The zero-order chi connectivity index (χ0) is 12.8. The van der Waals surface area contributed by atoms with Gasteiger partial charge in [-0.2, -0.15) is 4.98 Å². The van der Waals surface area contributed by atoms with E-state index in [-0.39, 0.29) is 5.91 Å². The summed E-state index contributed by atoms with van der Waals surface area (Å²) in [5.74, 6) is 1.18. The van der Waals surface area contributed by atoms with E-state index in [1.54, 1.807) is 7.05 Å². The highest BCUT2D eigenvalue weighted by atomic mass is 16.5. The number of nitrogens with one attached hydrogen (secondary N) is 1. The van der Waals surface area contributed by atoms with Crippen LogP contribution in [0.25, 0.3) is 11.4 Å². The predicted molar refractivity (Wildman–Crippen MR) is 66.7 cm³/mol. The minimum absolute atomic E-state index is 0.0257. The van der Waals surface area contributed by atoms with E-state index in [1.807, 2.05) is 30.3 Å². The second kappa shape index (κ2) is 5.95. The van der Waals surface area contributed by atoms with Crippen molar-refractivity contribution in [2.45, 2.75) is 19.3 Å². The highest BCUT2D eigenvalue weighted by molar-refractivity contribution is 5.75. The van der Waals surface area contributed by atoms with Gasteiger partial charge in [-0.1, -0.05) is 35.5 Å². The van der Waals surface area contributed by atoms with Crippen molar-refractivity contribution in [3.8, 4) is 11.4 Å². The molecule has 0 aliphatic rings. The summed E-state index contributed by atoms with van der Waals surface area (Å²) in [6.07, 6.45) is 1.79. The van der Waals surface area contributed by atoms with Crippen molar-refractivity contribution in [2.24, 2.45) is 0 Å². The Morgan fingerprint density at radius 1 is 1.33 bits per heavy atom. The maximum atomic E-state index is 11.1. The Hall–Kier alpha value is -2.17. The lowest BCUT2D eigenvalue weighted by Crippen LogP contribution is -2.17. The molecule has 1 aromatic carbocycles. The smallest absolute Gasteiger partial charge is 0.226 e. The van der Waals surface area contributed by atoms with Gasteiger partial charge in [-0.25, -0.2) is 0 Å². The fraction of sp³-hybridized carbons (Fsp3) is 0.308. The van der Waals surface area contributed by atoms with Crippen LogP contribution < -0.4 is 5.32 Å². The maximum Gasteiger partial charge on any atom is 0.226 e. The Morgan fingerprint density at radius 2 is 2.11 bits per heavy atom. The molecule has 5 heteroatoms. The summed E-state index contributed by atoms with van der Waals surface area (Å²) >= 11 is 0. The average molecular weight is 245 g/mol. The van der Waals surface area contributed by atoms with Crippen LogP contribution in [0, 0.1) is 0 Å². The molecule has 5 nitrogen and oxygen atoms in total. The molecule has 0 saturated heterocycles. The number of aryl methyl sites for hydroxylation is 1. The van der Waals surface area contributed by atoms with E-state index in [1.165, 1.54) is 0 Å². The first-order chi connectivity index (χ1) is 8.79. The number of aromatic nitrogens is 2. The molecule has 0 aliphatic heterocycles. The molecule has 0 unspecified atom stereocenters. The van der Waals surface area contributed by atoms with Crippen molar-refractivity contribution < 1.29 is 9.32 Å². The van der Waals surface area contributed by atoms with Crippen LogP contribution in [0.2, 0.25) is 0 Å². The lowest BCUT2D eigenvalue weighted by molar-refractivity contribution is -0.120. The Morgan fingerprint density at radius 3 is 2.83 bits per heavy atom. The minimum Gasteiger partial charge on any atom is -0.359 e. The van der Waals surface area contributed by atoms with Crippen LogP contribution in [0.15, 0.2) is 34.9 Å². The highest BCUT2D eigenvalue weighted by Crippen LogP contribution is 2.15. The number of amides is 1. The predicted octanol–water partition coefficient (Wildman–Crippen LogP) is 1.81. The molecule has 94 valence electrons. The highest BCUT2D eigenvalue weighted by Gasteiger charge is 2.08. The van der Waals surface area contributed by atoms with E-state index >= 15 is 0 Å². The number of benzene rings is 1. The number of hydrogen-bond donors (Lipinski definition) is 1. The van der Waals surface area contributed by atoms with Gasteiger partial charge >= 0.3 is 0 Å². The number of hydrogen-bond acceptors (Lipinski definition) is 4. The van der Waals surface area contributed by atoms with Crippen molar-refractivity contribution in [3.05, 3.63) is 36.2 Å². The van der Waals surface area contributed by atoms with Crippen LogP contribution in [0.5, 0.6) is 0 Å². The molecule has 18 heavy (non-hydrogen) atoms. The molecule has 1 aromatic heterocycles. The van der Waals surface area contributed by atoms with Crippen LogP contribution >= 0.6 is 0 Å².